The van der Waals surface area contributed by atoms with Gasteiger partial charge in [-0.1, -0.05) is 0 Å². The van der Waals surface area contributed by atoms with Crippen LogP contribution in [0.4, 0.5) is 0 Å². The van der Waals surface area contributed by atoms with Crippen molar-refractivity contribution in [3.63, 3.8) is 0 Å². The van der Waals surface area contributed by atoms with Gasteiger partial charge < -0.3 is 99.8 Å². The normalized spacial score (nSPS) is 51.0. The van der Waals surface area contributed by atoms with E-state index < -0.39 is 148 Å². The summed E-state index contributed by atoms with van der Waals surface area (Å²) in [7, 11) is 0. The lowest BCUT2D eigenvalue weighted by Gasteiger charge is -2.50. The van der Waals surface area contributed by atoms with Gasteiger partial charge in [0.2, 0.25) is 5.91 Å². The second-order valence-corrected chi connectivity index (χ2v) is 11.9. The molecule has 274 valence electrons. The number of nitrogens with one attached hydrogen (secondary N) is 1. The van der Waals surface area contributed by atoms with Crippen LogP contribution >= 0.6 is 0 Å². The first-order chi connectivity index (χ1) is 22.1. The highest BCUT2D eigenvalue weighted by atomic mass is 16.8. The summed E-state index contributed by atoms with van der Waals surface area (Å²) in [6.07, 6.45) is -32.0. The second kappa shape index (κ2) is 16.2. The molecule has 4 aliphatic heterocycles. The molecule has 0 saturated carbocycles. The number of amides is 1. The van der Waals surface area contributed by atoms with Crippen LogP contribution in [-0.4, -0.2) is 210 Å². The predicted octanol–water partition coefficient (Wildman–Crippen LogP) is -8.58. The highest BCUT2D eigenvalue weighted by Crippen LogP contribution is 2.34. The van der Waals surface area contributed by atoms with Crippen molar-refractivity contribution in [2.24, 2.45) is 0 Å². The molecule has 20 atom stereocenters. The summed E-state index contributed by atoms with van der Waals surface area (Å²) in [4.78, 5) is 12.4. The molecule has 13 N–H and O–H groups in total. The van der Waals surface area contributed by atoms with E-state index >= 15 is 0 Å². The molecule has 0 aromatic carbocycles. The van der Waals surface area contributed by atoms with E-state index in [1.165, 1.54) is 6.92 Å². The molecular weight excluding hydrogens is 646 g/mol. The molecular formula is C26H45NO20. The lowest BCUT2D eigenvalue weighted by atomic mass is 9.94. The number of rotatable bonds is 10. The van der Waals surface area contributed by atoms with Gasteiger partial charge in [0.25, 0.3) is 0 Å². The van der Waals surface area contributed by atoms with Gasteiger partial charge in [-0.25, -0.2) is 0 Å². The van der Waals surface area contributed by atoms with Gasteiger partial charge >= 0.3 is 0 Å². The van der Waals surface area contributed by atoms with E-state index in [9.17, 15) is 66.1 Å². The average molecular weight is 692 g/mol. The molecule has 4 fully saturated rings. The van der Waals surface area contributed by atoms with Crippen LogP contribution in [0.25, 0.3) is 0 Å². The van der Waals surface area contributed by atoms with Crippen molar-refractivity contribution in [1.29, 1.82) is 0 Å². The molecule has 4 rings (SSSR count). The zero-order chi connectivity index (χ0) is 34.9. The van der Waals surface area contributed by atoms with Gasteiger partial charge in [0.15, 0.2) is 25.2 Å². The van der Waals surface area contributed by atoms with Crippen molar-refractivity contribution >= 4 is 5.91 Å². The van der Waals surface area contributed by atoms with Gasteiger partial charge in [0.05, 0.1) is 25.9 Å². The SMILES string of the molecule is CC(=O)N[C@H]1[C@H](OC[C@H]2OC(O)[C@H](O)[C@@H](O)[C@H]2O)O[C@H](CO)[C@@H](O[C@@H]2O[C@H](CO)[C@H](O)[C@H](O)[C@H]2O)[C@@H]1O[C@@H]1O[C@@H](C)[C@@H](O)[C@@H](O)[C@@H]1O. The van der Waals surface area contributed by atoms with E-state index in [-0.39, 0.29) is 0 Å². The number of carbonyl (C=O) groups excluding carboxylic acids is 1. The first-order valence-electron chi connectivity index (χ1n) is 14.9. The van der Waals surface area contributed by atoms with Gasteiger partial charge in [0, 0.05) is 6.92 Å². The Balaban J connectivity index is 1.66. The molecule has 1 amide bonds. The summed E-state index contributed by atoms with van der Waals surface area (Å²) in [6, 6.07) is -1.50. The number of aliphatic hydroxyl groups excluding tert-OH is 12. The predicted molar refractivity (Wildman–Crippen MR) is 144 cm³/mol. The standard InChI is InChI=1S/C26H45NO20/c1-6-12(31)15(34)19(38)25(42-6)47-22-11(27-7(2)30)24(41-5-10-14(33)16(35)18(37)23(40)43-10)45-9(4-29)21(22)46-26-20(39)17(36)13(32)8(3-28)44-26/h6,8-26,28-29,31-40H,3-5H2,1-2H3,(H,27,30)/t6-,8+,9+,10+,11+,12+,13-,14-,15+,16-,17-,18+,19-,20+,21+,22+,23?,24+,25-,26-/m0/s1. The largest absolute Gasteiger partial charge is 0.394 e. The van der Waals surface area contributed by atoms with Crippen LogP contribution in [0.1, 0.15) is 13.8 Å². The van der Waals surface area contributed by atoms with Crippen molar-refractivity contribution in [2.45, 2.75) is 137 Å². The Morgan fingerprint density at radius 1 is 0.596 bits per heavy atom. The molecule has 0 bridgehead atoms. The maximum Gasteiger partial charge on any atom is 0.217 e. The molecule has 0 spiro atoms. The number of hydrogen-bond donors (Lipinski definition) is 13. The molecule has 1 unspecified atom stereocenters. The van der Waals surface area contributed by atoms with Crippen LogP contribution in [0.5, 0.6) is 0 Å². The average Bonchev–Trinajstić information content (AvgIpc) is 3.04. The summed E-state index contributed by atoms with van der Waals surface area (Å²) < 4.78 is 39.6. The highest BCUT2D eigenvalue weighted by molar-refractivity contribution is 5.73. The first kappa shape index (κ1) is 38.5. The van der Waals surface area contributed by atoms with Gasteiger partial charge in [-0.05, 0) is 6.92 Å². The molecule has 4 aliphatic rings. The minimum Gasteiger partial charge on any atom is -0.394 e. The number of carbonyl (C=O) groups is 1. The molecule has 0 aromatic heterocycles. The van der Waals surface area contributed by atoms with Crippen LogP contribution in [0.2, 0.25) is 0 Å². The molecule has 4 saturated heterocycles. The Bertz CT molecular complexity index is 1010. The summed E-state index contributed by atoms with van der Waals surface area (Å²) in [6.45, 7) is 0.111. The molecule has 0 radical (unpaired) electrons. The fourth-order valence-corrected chi connectivity index (χ4v) is 5.78. The Labute approximate surface area is 267 Å². The third-order valence-corrected chi connectivity index (χ3v) is 8.55. The van der Waals surface area contributed by atoms with Crippen molar-refractivity contribution in [3.8, 4) is 0 Å². The van der Waals surface area contributed by atoms with E-state index in [1.807, 2.05) is 0 Å². The van der Waals surface area contributed by atoms with E-state index in [0.29, 0.717) is 0 Å². The first-order valence-corrected chi connectivity index (χ1v) is 14.9. The molecule has 4 heterocycles. The van der Waals surface area contributed by atoms with E-state index in [2.05, 4.69) is 5.32 Å². The van der Waals surface area contributed by atoms with Crippen molar-refractivity contribution < 1.29 is 99.2 Å². The summed E-state index contributed by atoms with van der Waals surface area (Å²) in [5, 5.41) is 125. The Morgan fingerprint density at radius 2 is 1.11 bits per heavy atom. The van der Waals surface area contributed by atoms with Crippen LogP contribution in [0.3, 0.4) is 0 Å². The maximum absolute atomic E-state index is 12.4. The molecule has 0 aromatic rings. The minimum absolute atomic E-state index is 0.656. The quantitative estimate of drug-likeness (QED) is 0.101. The third-order valence-electron chi connectivity index (χ3n) is 8.55. The topological polar surface area (TPSA) is 336 Å². The monoisotopic (exact) mass is 691 g/mol. The number of aliphatic hydroxyl groups is 12. The Hall–Kier alpha value is -1.29. The van der Waals surface area contributed by atoms with E-state index in [4.69, 9.17) is 33.2 Å². The summed E-state index contributed by atoms with van der Waals surface area (Å²) >= 11 is 0. The number of ether oxygens (including phenoxy) is 7. The van der Waals surface area contributed by atoms with Crippen molar-refractivity contribution in [2.75, 3.05) is 19.8 Å². The molecule has 21 heteroatoms. The zero-order valence-corrected chi connectivity index (χ0v) is 25.3. The lowest BCUT2D eigenvalue weighted by Crippen LogP contribution is -2.70. The molecule has 21 nitrogen and oxygen atoms in total. The maximum atomic E-state index is 12.4. The summed E-state index contributed by atoms with van der Waals surface area (Å²) in [5.41, 5.74) is 0. The van der Waals surface area contributed by atoms with Gasteiger partial charge in [-0.2, -0.15) is 0 Å². The van der Waals surface area contributed by atoms with Crippen LogP contribution < -0.4 is 5.32 Å². The second-order valence-electron chi connectivity index (χ2n) is 11.9. The Morgan fingerprint density at radius 3 is 1.70 bits per heavy atom. The van der Waals surface area contributed by atoms with Crippen LogP contribution in [0.15, 0.2) is 0 Å². The van der Waals surface area contributed by atoms with Crippen molar-refractivity contribution in [1.82, 2.24) is 5.32 Å². The third kappa shape index (κ3) is 8.20. The van der Waals surface area contributed by atoms with Crippen LogP contribution in [0, 0.1) is 0 Å². The molecule has 0 aliphatic carbocycles. The number of hydrogen-bond acceptors (Lipinski definition) is 20. The van der Waals surface area contributed by atoms with Gasteiger partial charge in [0.1, 0.15) is 91.5 Å². The Kier molecular flexibility index (Phi) is 13.2. The lowest BCUT2D eigenvalue weighted by molar-refractivity contribution is -0.375. The highest BCUT2D eigenvalue weighted by Gasteiger charge is 2.55. The minimum atomic E-state index is -1.94. The van der Waals surface area contributed by atoms with Crippen LogP contribution in [-0.2, 0) is 38.0 Å². The zero-order valence-electron chi connectivity index (χ0n) is 25.3. The fraction of sp³-hybridized carbons (Fsp3) is 0.962. The van der Waals surface area contributed by atoms with Crippen molar-refractivity contribution in [3.05, 3.63) is 0 Å². The van der Waals surface area contributed by atoms with Gasteiger partial charge in [-0.3, -0.25) is 4.79 Å². The fourth-order valence-electron chi connectivity index (χ4n) is 5.78. The molecule has 47 heavy (non-hydrogen) atoms. The summed E-state index contributed by atoms with van der Waals surface area (Å²) in [5.74, 6) is -0.716. The smallest absolute Gasteiger partial charge is 0.217 e. The van der Waals surface area contributed by atoms with E-state index in [1.54, 1.807) is 0 Å². The van der Waals surface area contributed by atoms with Gasteiger partial charge in [-0.15, -0.1) is 0 Å². The van der Waals surface area contributed by atoms with E-state index in [0.717, 1.165) is 6.92 Å².